The summed E-state index contributed by atoms with van der Waals surface area (Å²) in [4.78, 5) is 9.35. The predicted octanol–water partition coefficient (Wildman–Crippen LogP) is 3.05. The van der Waals surface area contributed by atoms with Gasteiger partial charge in [0.2, 0.25) is 0 Å². The van der Waals surface area contributed by atoms with Crippen LogP contribution in [0.2, 0.25) is 0 Å². The molecular formula is C15H25N3. The Kier molecular flexibility index (Phi) is 4.70. The lowest BCUT2D eigenvalue weighted by Crippen LogP contribution is -2.22. The highest BCUT2D eigenvalue weighted by atomic mass is 14.9. The van der Waals surface area contributed by atoms with Crippen LogP contribution in [0.1, 0.15) is 63.2 Å². The van der Waals surface area contributed by atoms with Crippen LogP contribution in [0.4, 0.5) is 0 Å². The molecule has 0 radical (unpaired) electrons. The molecule has 0 amide bonds. The van der Waals surface area contributed by atoms with Crippen LogP contribution >= 0.6 is 0 Å². The summed E-state index contributed by atoms with van der Waals surface area (Å²) in [5, 5.41) is 3.56. The van der Waals surface area contributed by atoms with Crippen LogP contribution in [0.5, 0.6) is 0 Å². The zero-order valence-electron chi connectivity index (χ0n) is 11.9. The van der Waals surface area contributed by atoms with Gasteiger partial charge in [-0.3, -0.25) is 0 Å². The van der Waals surface area contributed by atoms with Gasteiger partial charge in [0, 0.05) is 29.9 Å². The molecule has 0 spiro atoms. The molecule has 0 fully saturated rings. The van der Waals surface area contributed by atoms with Crippen LogP contribution in [0, 0.1) is 5.92 Å². The first kappa shape index (κ1) is 13.5. The second-order valence-corrected chi connectivity index (χ2v) is 5.64. The molecule has 0 saturated heterocycles. The van der Waals surface area contributed by atoms with Gasteiger partial charge in [-0.15, -0.1) is 0 Å². The Hall–Kier alpha value is -0.960. The van der Waals surface area contributed by atoms with Gasteiger partial charge >= 0.3 is 0 Å². The van der Waals surface area contributed by atoms with Crippen molar-refractivity contribution < 1.29 is 0 Å². The first-order valence-electron chi connectivity index (χ1n) is 7.28. The molecule has 2 rings (SSSR count). The maximum atomic E-state index is 4.79. The van der Waals surface area contributed by atoms with E-state index in [0.29, 0.717) is 12.0 Å². The number of hydrogen-bond donors (Lipinski definition) is 1. The highest BCUT2D eigenvalue weighted by molar-refractivity contribution is 5.23. The van der Waals surface area contributed by atoms with Crippen LogP contribution in [0.15, 0.2) is 6.20 Å². The third-order valence-corrected chi connectivity index (χ3v) is 3.52. The maximum Gasteiger partial charge on any atom is 0.128 e. The van der Waals surface area contributed by atoms with E-state index in [0.717, 1.165) is 25.2 Å². The number of fused-ring (bicyclic) bond motifs is 1. The normalized spacial score (nSPS) is 19.7. The molecule has 1 unspecified atom stereocenters. The standard InChI is InChI=1S/C15H25N3/c1-4-16-13-7-5-6-8-14-12(13)10-17-15(18-14)9-11(2)3/h10-11,13,16H,4-9H2,1-3H3. The van der Waals surface area contributed by atoms with E-state index in [1.165, 1.54) is 30.5 Å². The van der Waals surface area contributed by atoms with Gasteiger partial charge in [-0.05, 0) is 31.7 Å². The van der Waals surface area contributed by atoms with E-state index < -0.39 is 0 Å². The summed E-state index contributed by atoms with van der Waals surface area (Å²) in [6.45, 7) is 7.61. The molecule has 3 nitrogen and oxygen atoms in total. The molecule has 3 heteroatoms. The Balaban J connectivity index is 2.24. The van der Waals surface area contributed by atoms with E-state index in [1.54, 1.807) is 0 Å². The zero-order valence-corrected chi connectivity index (χ0v) is 11.9. The van der Waals surface area contributed by atoms with Crippen LogP contribution in [-0.2, 0) is 12.8 Å². The third kappa shape index (κ3) is 3.29. The third-order valence-electron chi connectivity index (χ3n) is 3.52. The molecule has 1 N–H and O–H groups in total. The summed E-state index contributed by atoms with van der Waals surface area (Å²) in [6.07, 6.45) is 7.93. The molecule has 0 saturated carbocycles. The van der Waals surface area contributed by atoms with Gasteiger partial charge in [0.15, 0.2) is 0 Å². The van der Waals surface area contributed by atoms with Gasteiger partial charge in [0.05, 0.1) is 0 Å². The average Bonchev–Trinajstić information content (AvgIpc) is 2.51. The largest absolute Gasteiger partial charge is 0.310 e. The summed E-state index contributed by atoms with van der Waals surface area (Å²) in [7, 11) is 0. The lowest BCUT2D eigenvalue weighted by Gasteiger charge is -2.18. The molecule has 1 atom stereocenters. The van der Waals surface area contributed by atoms with E-state index in [4.69, 9.17) is 4.98 Å². The SMILES string of the molecule is CCNC1CCCCc2nc(CC(C)C)ncc21. The minimum Gasteiger partial charge on any atom is -0.310 e. The van der Waals surface area contributed by atoms with E-state index >= 15 is 0 Å². The van der Waals surface area contributed by atoms with Crippen molar-refractivity contribution in [1.29, 1.82) is 0 Å². The van der Waals surface area contributed by atoms with Crippen molar-refractivity contribution in [2.45, 2.75) is 58.9 Å². The van der Waals surface area contributed by atoms with Crippen molar-refractivity contribution in [2.75, 3.05) is 6.54 Å². The zero-order chi connectivity index (χ0) is 13.0. The highest BCUT2D eigenvalue weighted by Crippen LogP contribution is 2.27. The fraction of sp³-hybridized carbons (Fsp3) is 0.733. The smallest absolute Gasteiger partial charge is 0.128 e. The van der Waals surface area contributed by atoms with E-state index in [9.17, 15) is 0 Å². The first-order chi connectivity index (χ1) is 8.70. The fourth-order valence-electron chi connectivity index (χ4n) is 2.68. The Morgan fingerprint density at radius 1 is 1.39 bits per heavy atom. The van der Waals surface area contributed by atoms with Gasteiger partial charge in [0.25, 0.3) is 0 Å². The van der Waals surface area contributed by atoms with Crippen LogP contribution in [0.25, 0.3) is 0 Å². The first-order valence-corrected chi connectivity index (χ1v) is 7.28. The fourth-order valence-corrected chi connectivity index (χ4v) is 2.68. The Labute approximate surface area is 110 Å². The van der Waals surface area contributed by atoms with E-state index in [2.05, 4.69) is 37.3 Å². The quantitative estimate of drug-likeness (QED) is 0.831. The minimum absolute atomic E-state index is 0.459. The minimum atomic E-state index is 0.459. The highest BCUT2D eigenvalue weighted by Gasteiger charge is 2.19. The lowest BCUT2D eigenvalue weighted by atomic mass is 10.0. The van der Waals surface area contributed by atoms with Gasteiger partial charge in [-0.2, -0.15) is 0 Å². The average molecular weight is 247 g/mol. The summed E-state index contributed by atoms with van der Waals surface area (Å²) in [6, 6.07) is 0.459. The topological polar surface area (TPSA) is 37.8 Å². The second kappa shape index (κ2) is 6.28. The van der Waals surface area contributed by atoms with Gasteiger partial charge in [0.1, 0.15) is 5.82 Å². The molecule has 1 aromatic heterocycles. The molecule has 1 aliphatic rings. The Bertz CT molecular complexity index is 387. The summed E-state index contributed by atoms with van der Waals surface area (Å²) >= 11 is 0. The molecule has 0 bridgehead atoms. The number of nitrogens with one attached hydrogen (secondary N) is 1. The molecular weight excluding hydrogens is 222 g/mol. The van der Waals surface area contributed by atoms with Crippen LogP contribution < -0.4 is 5.32 Å². The molecule has 0 aliphatic heterocycles. The number of hydrogen-bond acceptors (Lipinski definition) is 3. The summed E-state index contributed by atoms with van der Waals surface area (Å²) in [5.74, 6) is 1.64. The monoisotopic (exact) mass is 247 g/mol. The lowest BCUT2D eigenvalue weighted by molar-refractivity contribution is 0.501. The van der Waals surface area contributed by atoms with Crippen molar-refractivity contribution in [2.24, 2.45) is 5.92 Å². The van der Waals surface area contributed by atoms with E-state index in [1.807, 2.05) is 0 Å². The van der Waals surface area contributed by atoms with Gasteiger partial charge in [-0.25, -0.2) is 9.97 Å². The van der Waals surface area contributed by atoms with Crippen molar-refractivity contribution in [3.05, 3.63) is 23.3 Å². The molecule has 18 heavy (non-hydrogen) atoms. The van der Waals surface area contributed by atoms with Crippen molar-refractivity contribution in [3.63, 3.8) is 0 Å². The number of nitrogens with zero attached hydrogens (tertiary/aromatic N) is 2. The number of rotatable bonds is 4. The summed E-state index contributed by atoms with van der Waals surface area (Å²) in [5.41, 5.74) is 2.62. The Morgan fingerprint density at radius 3 is 2.94 bits per heavy atom. The van der Waals surface area contributed by atoms with Crippen LogP contribution in [0.3, 0.4) is 0 Å². The van der Waals surface area contributed by atoms with Crippen molar-refractivity contribution in [3.8, 4) is 0 Å². The number of aryl methyl sites for hydroxylation is 1. The molecule has 0 aromatic carbocycles. The van der Waals surface area contributed by atoms with Crippen molar-refractivity contribution in [1.82, 2.24) is 15.3 Å². The molecule has 1 aromatic rings. The Morgan fingerprint density at radius 2 is 2.22 bits per heavy atom. The van der Waals surface area contributed by atoms with Gasteiger partial charge < -0.3 is 5.32 Å². The van der Waals surface area contributed by atoms with E-state index in [-0.39, 0.29) is 0 Å². The summed E-state index contributed by atoms with van der Waals surface area (Å²) < 4.78 is 0. The molecule has 100 valence electrons. The maximum absolute atomic E-state index is 4.79. The van der Waals surface area contributed by atoms with Gasteiger partial charge in [-0.1, -0.05) is 27.2 Å². The second-order valence-electron chi connectivity index (χ2n) is 5.64. The predicted molar refractivity (Wildman–Crippen MR) is 74.5 cm³/mol. The van der Waals surface area contributed by atoms with Crippen molar-refractivity contribution >= 4 is 0 Å². The molecule has 1 heterocycles. The number of aromatic nitrogens is 2. The molecule has 1 aliphatic carbocycles. The van der Waals surface area contributed by atoms with Crippen LogP contribution in [-0.4, -0.2) is 16.5 Å².